The van der Waals surface area contributed by atoms with Crippen LogP contribution in [-0.4, -0.2) is 43.5 Å². The van der Waals surface area contributed by atoms with E-state index in [0.717, 1.165) is 44.8 Å². The maximum atomic E-state index is 12.0. The fourth-order valence-corrected chi connectivity index (χ4v) is 2.16. The summed E-state index contributed by atoms with van der Waals surface area (Å²) in [6.45, 7) is 6.51. The van der Waals surface area contributed by atoms with Crippen LogP contribution in [0.1, 0.15) is 28.8 Å². The van der Waals surface area contributed by atoms with Gasteiger partial charge in [0.25, 0.3) is 0 Å². The van der Waals surface area contributed by atoms with Crippen LogP contribution >= 0.6 is 0 Å². The Balaban J connectivity index is 1.82. The summed E-state index contributed by atoms with van der Waals surface area (Å²) in [6.07, 6.45) is 1.67. The zero-order chi connectivity index (χ0) is 12.8. The van der Waals surface area contributed by atoms with E-state index in [1.165, 1.54) is 5.56 Å². The summed E-state index contributed by atoms with van der Waals surface area (Å²) in [6, 6.07) is 7.83. The maximum absolute atomic E-state index is 12.0. The van der Waals surface area contributed by atoms with Gasteiger partial charge in [-0.25, -0.2) is 0 Å². The summed E-state index contributed by atoms with van der Waals surface area (Å²) in [5, 5.41) is 0. The Bertz CT molecular complexity index is 378. The zero-order valence-corrected chi connectivity index (χ0v) is 11.0. The smallest absolute Gasteiger partial charge is 0.164 e. The van der Waals surface area contributed by atoms with E-state index < -0.39 is 0 Å². The van der Waals surface area contributed by atoms with E-state index in [0.29, 0.717) is 6.42 Å². The van der Waals surface area contributed by atoms with Gasteiger partial charge in [0.1, 0.15) is 0 Å². The number of carbonyl (C=O) groups excluding carboxylic acids is 1. The van der Waals surface area contributed by atoms with Crippen molar-refractivity contribution in [2.75, 3.05) is 32.8 Å². The van der Waals surface area contributed by atoms with Crippen molar-refractivity contribution in [1.82, 2.24) is 4.90 Å². The van der Waals surface area contributed by atoms with Gasteiger partial charge in [0.05, 0.1) is 6.61 Å². The van der Waals surface area contributed by atoms with Gasteiger partial charge in [-0.05, 0) is 13.3 Å². The van der Waals surface area contributed by atoms with Gasteiger partial charge in [-0.2, -0.15) is 0 Å². The fraction of sp³-hybridized carbons (Fsp3) is 0.533. The Hall–Kier alpha value is -1.19. The molecule has 98 valence electrons. The standard InChI is InChI=1S/C15H21NO2/c1-13-3-5-14(6-4-13)15(17)7-9-16-8-2-11-18-12-10-16/h3-6H,2,7-12H2,1H3. The van der Waals surface area contributed by atoms with E-state index >= 15 is 0 Å². The van der Waals surface area contributed by atoms with Crippen LogP contribution in [0.3, 0.4) is 0 Å². The van der Waals surface area contributed by atoms with E-state index in [1.54, 1.807) is 0 Å². The molecule has 0 unspecified atom stereocenters. The predicted molar refractivity (Wildman–Crippen MR) is 72.0 cm³/mol. The molecule has 1 saturated heterocycles. The number of benzene rings is 1. The topological polar surface area (TPSA) is 29.5 Å². The second kappa shape index (κ2) is 6.66. The Kier molecular flexibility index (Phi) is 4.90. The minimum absolute atomic E-state index is 0.236. The largest absolute Gasteiger partial charge is 0.380 e. The van der Waals surface area contributed by atoms with Gasteiger partial charge in [-0.1, -0.05) is 29.8 Å². The van der Waals surface area contributed by atoms with Crippen molar-refractivity contribution in [2.24, 2.45) is 0 Å². The highest BCUT2D eigenvalue weighted by molar-refractivity contribution is 5.96. The summed E-state index contributed by atoms with van der Waals surface area (Å²) in [5.41, 5.74) is 2.02. The number of Topliss-reactive ketones (excluding diaryl/α,β-unsaturated/α-hetero) is 1. The second-order valence-electron chi connectivity index (χ2n) is 4.85. The highest BCUT2D eigenvalue weighted by Gasteiger charge is 2.12. The summed E-state index contributed by atoms with van der Waals surface area (Å²) < 4.78 is 5.40. The SMILES string of the molecule is Cc1ccc(C(=O)CCN2CCCOCC2)cc1. The van der Waals surface area contributed by atoms with Gasteiger partial charge in [-0.3, -0.25) is 4.79 Å². The number of carbonyl (C=O) groups is 1. The summed E-state index contributed by atoms with van der Waals surface area (Å²) >= 11 is 0. The molecular formula is C15H21NO2. The molecule has 3 nitrogen and oxygen atoms in total. The molecule has 0 amide bonds. The number of aryl methyl sites for hydroxylation is 1. The quantitative estimate of drug-likeness (QED) is 0.765. The molecule has 0 N–H and O–H groups in total. The van der Waals surface area contributed by atoms with Crippen molar-refractivity contribution in [3.8, 4) is 0 Å². The number of hydrogen-bond acceptors (Lipinski definition) is 3. The molecule has 2 rings (SSSR count). The second-order valence-corrected chi connectivity index (χ2v) is 4.85. The van der Waals surface area contributed by atoms with Crippen LogP contribution in [0, 0.1) is 6.92 Å². The minimum Gasteiger partial charge on any atom is -0.380 e. The molecule has 0 bridgehead atoms. The van der Waals surface area contributed by atoms with Gasteiger partial charge in [0.15, 0.2) is 5.78 Å². The Morgan fingerprint density at radius 2 is 2.00 bits per heavy atom. The molecule has 1 aliphatic heterocycles. The third kappa shape index (κ3) is 3.93. The lowest BCUT2D eigenvalue weighted by atomic mass is 10.1. The van der Waals surface area contributed by atoms with Crippen LogP contribution < -0.4 is 0 Å². The van der Waals surface area contributed by atoms with Crippen LogP contribution in [0.2, 0.25) is 0 Å². The van der Waals surface area contributed by atoms with Crippen molar-refractivity contribution in [3.05, 3.63) is 35.4 Å². The third-order valence-corrected chi connectivity index (χ3v) is 3.34. The fourth-order valence-electron chi connectivity index (χ4n) is 2.16. The highest BCUT2D eigenvalue weighted by atomic mass is 16.5. The van der Waals surface area contributed by atoms with Crippen molar-refractivity contribution in [3.63, 3.8) is 0 Å². The van der Waals surface area contributed by atoms with Crippen molar-refractivity contribution < 1.29 is 9.53 Å². The molecule has 1 aromatic carbocycles. The average Bonchev–Trinajstić information content (AvgIpc) is 2.65. The normalized spacial score (nSPS) is 17.4. The molecule has 0 radical (unpaired) electrons. The Labute approximate surface area is 109 Å². The number of hydrogen-bond donors (Lipinski definition) is 0. The van der Waals surface area contributed by atoms with E-state index in [-0.39, 0.29) is 5.78 Å². The Morgan fingerprint density at radius 1 is 1.22 bits per heavy atom. The monoisotopic (exact) mass is 247 g/mol. The highest BCUT2D eigenvalue weighted by Crippen LogP contribution is 2.08. The molecule has 1 aliphatic rings. The zero-order valence-electron chi connectivity index (χ0n) is 11.0. The van der Waals surface area contributed by atoms with Crippen LogP contribution in [0.25, 0.3) is 0 Å². The molecule has 1 heterocycles. The van der Waals surface area contributed by atoms with Crippen molar-refractivity contribution >= 4 is 5.78 Å². The molecule has 3 heteroatoms. The lowest BCUT2D eigenvalue weighted by Crippen LogP contribution is -2.28. The summed E-state index contributed by atoms with van der Waals surface area (Å²) in [4.78, 5) is 14.3. The van der Waals surface area contributed by atoms with Gasteiger partial charge in [-0.15, -0.1) is 0 Å². The first-order valence-corrected chi connectivity index (χ1v) is 6.66. The maximum Gasteiger partial charge on any atom is 0.164 e. The Morgan fingerprint density at radius 3 is 2.78 bits per heavy atom. The van der Waals surface area contributed by atoms with Crippen LogP contribution in [0.15, 0.2) is 24.3 Å². The van der Waals surface area contributed by atoms with Crippen LogP contribution in [0.4, 0.5) is 0 Å². The molecule has 0 saturated carbocycles. The molecular weight excluding hydrogens is 226 g/mol. The average molecular weight is 247 g/mol. The summed E-state index contributed by atoms with van der Waals surface area (Å²) in [5.74, 6) is 0.236. The van der Waals surface area contributed by atoms with Crippen LogP contribution in [0.5, 0.6) is 0 Å². The number of nitrogens with zero attached hydrogens (tertiary/aromatic N) is 1. The van der Waals surface area contributed by atoms with E-state index in [9.17, 15) is 4.79 Å². The van der Waals surface area contributed by atoms with Crippen LogP contribution in [-0.2, 0) is 4.74 Å². The van der Waals surface area contributed by atoms with E-state index in [4.69, 9.17) is 4.74 Å². The lowest BCUT2D eigenvalue weighted by molar-refractivity contribution is 0.0960. The number of ketones is 1. The van der Waals surface area contributed by atoms with Crippen molar-refractivity contribution in [1.29, 1.82) is 0 Å². The number of ether oxygens (including phenoxy) is 1. The minimum atomic E-state index is 0.236. The molecule has 1 aromatic rings. The first-order valence-electron chi connectivity index (χ1n) is 6.66. The lowest BCUT2D eigenvalue weighted by Gasteiger charge is -2.18. The number of rotatable bonds is 4. The van der Waals surface area contributed by atoms with Gasteiger partial charge >= 0.3 is 0 Å². The first-order chi connectivity index (χ1) is 8.75. The molecule has 1 fully saturated rings. The van der Waals surface area contributed by atoms with E-state index in [1.807, 2.05) is 31.2 Å². The van der Waals surface area contributed by atoms with E-state index in [2.05, 4.69) is 4.90 Å². The van der Waals surface area contributed by atoms with Gasteiger partial charge < -0.3 is 9.64 Å². The third-order valence-electron chi connectivity index (χ3n) is 3.34. The molecule has 0 aromatic heterocycles. The first kappa shape index (κ1) is 13.2. The molecule has 0 spiro atoms. The van der Waals surface area contributed by atoms with Gasteiger partial charge in [0.2, 0.25) is 0 Å². The molecule has 18 heavy (non-hydrogen) atoms. The molecule has 0 aliphatic carbocycles. The van der Waals surface area contributed by atoms with Crippen molar-refractivity contribution in [2.45, 2.75) is 19.8 Å². The molecule has 0 atom stereocenters. The predicted octanol–water partition coefficient (Wildman–Crippen LogP) is 2.29. The van der Waals surface area contributed by atoms with Gasteiger partial charge in [0, 0.05) is 38.2 Å². The summed E-state index contributed by atoms with van der Waals surface area (Å²) in [7, 11) is 0.